The Morgan fingerprint density at radius 2 is 1.64 bits per heavy atom. The average Bonchev–Trinajstić information content (AvgIpc) is 3.77. The molecule has 204 valence electrons. The van der Waals surface area contributed by atoms with Crippen molar-refractivity contribution in [2.75, 3.05) is 46.1 Å². The van der Waals surface area contributed by atoms with Gasteiger partial charge in [-0.05, 0) is 47.4 Å². The van der Waals surface area contributed by atoms with Gasteiger partial charge in [0.05, 0.1) is 26.4 Å². The van der Waals surface area contributed by atoms with E-state index in [1.54, 1.807) is 17.0 Å². The highest BCUT2D eigenvalue weighted by Crippen LogP contribution is 2.40. The van der Waals surface area contributed by atoms with E-state index in [0.717, 1.165) is 23.1 Å². The molecule has 1 saturated heterocycles. The Labute approximate surface area is 228 Å². The summed E-state index contributed by atoms with van der Waals surface area (Å²) in [5, 5.41) is 6.34. The molecule has 2 N–H and O–H groups in total. The maximum Gasteiger partial charge on any atom is 0.251 e. The van der Waals surface area contributed by atoms with Crippen LogP contribution in [0.15, 0.2) is 78.9 Å². The first-order valence-electron chi connectivity index (χ1n) is 13.5. The van der Waals surface area contributed by atoms with E-state index in [2.05, 4.69) is 10.6 Å². The van der Waals surface area contributed by atoms with Crippen LogP contribution in [0.4, 0.5) is 4.39 Å². The zero-order valence-corrected chi connectivity index (χ0v) is 21.9. The number of ether oxygens (including phenoxy) is 2. The smallest absolute Gasteiger partial charge is 0.251 e. The van der Waals surface area contributed by atoms with Crippen molar-refractivity contribution >= 4 is 11.8 Å². The molecular formula is C31H34FN3O4. The van der Waals surface area contributed by atoms with Crippen molar-refractivity contribution in [1.82, 2.24) is 15.5 Å². The van der Waals surface area contributed by atoms with E-state index >= 15 is 0 Å². The molecule has 1 heterocycles. The Morgan fingerprint density at radius 1 is 0.949 bits per heavy atom. The first-order valence-corrected chi connectivity index (χ1v) is 13.5. The number of nitrogens with zero attached hydrogens (tertiary/aromatic N) is 1. The van der Waals surface area contributed by atoms with E-state index in [1.165, 1.54) is 12.1 Å². The number of carbonyl (C=O) groups is 2. The second-order valence-electron chi connectivity index (χ2n) is 9.94. The largest absolute Gasteiger partial charge is 0.378 e. The van der Waals surface area contributed by atoms with E-state index in [1.807, 2.05) is 54.6 Å². The number of rotatable bonds is 11. The first-order chi connectivity index (χ1) is 19.1. The van der Waals surface area contributed by atoms with Gasteiger partial charge in [0.1, 0.15) is 11.9 Å². The van der Waals surface area contributed by atoms with Crippen LogP contribution in [-0.4, -0.2) is 74.9 Å². The van der Waals surface area contributed by atoms with Crippen LogP contribution < -0.4 is 10.6 Å². The Morgan fingerprint density at radius 3 is 2.36 bits per heavy atom. The van der Waals surface area contributed by atoms with E-state index in [-0.39, 0.29) is 24.2 Å². The molecular weight excluding hydrogens is 497 g/mol. The van der Waals surface area contributed by atoms with Crippen molar-refractivity contribution in [3.8, 4) is 11.1 Å². The molecule has 2 fully saturated rings. The molecule has 3 aromatic carbocycles. The second kappa shape index (κ2) is 13.0. The number of benzene rings is 3. The molecule has 8 heteroatoms. The number of hydrogen-bond acceptors (Lipinski definition) is 5. The normalized spacial score (nSPS) is 19.4. The zero-order chi connectivity index (χ0) is 27.0. The molecule has 3 aromatic rings. The fourth-order valence-electron chi connectivity index (χ4n) is 4.88. The number of hydrogen-bond donors (Lipinski definition) is 2. The molecule has 2 aliphatic rings. The van der Waals surface area contributed by atoms with Crippen LogP contribution in [0.3, 0.4) is 0 Å². The summed E-state index contributed by atoms with van der Waals surface area (Å²) in [6.45, 7) is 3.05. The number of amides is 2. The third-order valence-electron chi connectivity index (χ3n) is 7.21. The van der Waals surface area contributed by atoms with Crippen molar-refractivity contribution in [2.24, 2.45) is 0 Å². The lowest BCUT2D eigenvalue weighted by atomic mass is 10.0. The average molecular weight is 532 g/mol. The maximum atomic E-state index is 13.2. The van der Waals surface area contributed by atoms with Crippen molar-refractivity contribution in [3.05, 3.63) is 95.8 Å². The van der Waals surface area contributed by atoms with Gasteiger partial charge in [0, 0.05) is 37.2 Å². The van der Waals surface area contributed by atoms with Crippen LogP contribution in [0.1, 0.15) is 28.3 Å². The SMILES string of the molecule is O=C(N[C@@H](COCCN[C@@H]1C[C@H]1c1ccc(F)cc1)C(=O)N1CCOCC1)c1ccc(-c2ccccc2)cc1. The number of morpholine rings is 1. The van der Waals surface area contributed by atoms with Crippen LogP contribution in [0.2, 0.25) is 0 Å². The van der Waals surface area contributed by atoms with Gasteiger partial charge in [-0.15, -0.1) is 0 Å². The van der Waals surface area contributed by atoms with Crippen molar-refractivity contribution in [3.63, 3.8) is 0 Å². The van der Waals surface area contributed by atoms with Gasteiger partial charge in [0.15, 0.2) is 0 Å². The van der Waals surface area contributed by atoms with Gasteiger partial charge in [0.25, 0.3) is 5.91 Å². The third kappa shape index (κ3) is 7.29. The van der Waals surface area contributed by atoms with Crippen molar-refractivity contribution < 1.29 is 23.5 Å². The molecule has 0 spiro atoms. The minimum Gasteiger partial charge on any atom is -0.378 e. The number of halogens is 1. The van der Waals surface area contributed by atoms with E-state index in [4.69, 9.17) is 9.47 Å². The highest BCUT2D eigenvalue weighted by atomic mass is 19.1. The predicted octanol–water partition coefficient (Wildman–Crippen LogP) is 3.61. The zero-order valence-electron chi connectivity index (χ0n) is 21.9. The summed E-state index contributed by atoms with van der Waals surface area (Å²) < 4.78 is 24.4. The topological polar surface area (TPSA) is 79.9 Å². The second-order valence-corrected chi connectivity index (χ2v) is 9.94. The molecule has 1 aliphatic carbocycles. The van der Waals surface area contributed by atoms with Gasteiger partial charge in [-0.1, -0.05) is 54.6 Å². The lowest BCUT2D eigenvalue weighted by molar-refractivity contribution is -0.138. The van der Waals surface area contributed by atoms with Crippen molar-refractivity contribution in [2.45, 2.75) is 24.4 Å². The summed E-state index contributed by atoms with van der Waals surface area (Å²) in [4.78, 5) is 28.0. The summed E-state index contributed by atoms with van der Waals surface area (Å²) in [5.74, 6) is -0.328. The Balaban J connectivity index is 1.13. The molecule has 1 saturated carbocycles. The monoisotopic (exact) mass is 531 g/mol. The van der Waals surface area contributed by atoms with Crippen molar-refractivity contribution in [1.29, 1.82) is 0 Å². The maximum absolute atomic E-state index is 13.2. The highest BCUT2D eigenvalue weighted by molar-refractivity contribution is 5.98. The van der Waals surface area contributed by atoms with E-state index < -0.39 is 6.04 Å². The van der Waals surface area contributed by atoms with Crippen LogP contribution in [0, 0.1) is 5.82 Å². The molecule has 39 heavy (non-hydrogen) atoms. The Hall–Kier alpha value is -3.59. The summed E-state index contributed by atoms with van der Waals surface area (Å²) in [7, 11) is 0. The van der Waals surface area contributed by atoms with Gasteiger partial charge in [-0.2, -0.15) is 0 Å². The Kier molecular flexibility index (Phi) is 8.98. The molecule has 3 atom stereocenters. The fraction of sp³-hybridized carbons (Fsp3) is 0.355. The summed E-state index contributed by atoms with van der Waals surface area (Å²) in [5.41, 5.74) is 3.70. The Bertz CT molecular complexity index is 1230. The van der Waals surface area contributed by atoms with Crippen LogP contribution in [0.5, 0.6) is 0 Å². The fourth-order valence-corrected chi connectivity index (χ4v) is 4.88. The van der Waals surface area contributed by atoms with Gasteiger partial charge in [-0.3, -0.25) is 9.59 Å². The van der Waals surface area contributed by atoms with Crippen LogP contribution in [-0.2, 0) is 14.3 Å². The standard InChI is InChI=1S/C31H34FN3O4/c32-26-12-10-24(11-13-26)27-20-28(27)33-14-17-39-21-29(31(37)35-15-18-38-19-16-35)34-30(36)25-8-6-23(7-9-25)22-4-2-1-3-5-22/h1-13,27-29,33H,14-21H2,(H,34,36)/t27-,28+,29-/m0/s1. The van der Waals surface area contributed by atoms with Gasteiger partial charge in [-0.25, -0.2) is 4.39 Å². The minimum absolute atomic E-state index is 0.0811. The van der Waals surface area contributed by atoms with Gasteiger partial charge >= 0.3 is 0 Å². The van der Waals surface area contributed by atoms with E-state index in [0.29, 0.717) is 57.0 Å². The molecule has 0 radical (unpaired) electrons. The molecule has 0 bridgehead atoms. The summed E-state index contributed by atoms with van der Waals surface area (Å²) >= 11 is 0. The quantitative estimate of drug-likeness (QED) is 0.370. The van der Waals surface area contributed by atoms with Crippen LogP contribution in [0.25, 0.3) is 11.1 Å². The minimum atomic E-state index is -0.794. The predicted molar refractivity (Wildman–Crippen MR) is 147 cm³/mol. The summed E-state index contributed by atoms with van der Waals surface area (Å²) in [6.07, 6.45) is 1.00. The number of carbonyl (C=O) groups excluding carboxylic acids is 2. The molecule has 2 amide bonds. The highest BCUT2D eigenvalue weighted by Gasteiger charge is 2.37. The first kappa shape index (κ1) is 27.0. The third-order valence-corrected chi connectivity index (χ3v) is 7.21. The molecule has 0 aromatic heterocycles. The molecule has 1 aliphatic heterocycles. The lowest BCUT2D eigenvalue weighted by Crippen LogP contribution is -2.53. The number of nitrogens with one attached hydrogen (secondary N) is 2. The van der Waals surface area contributed by atoms with Crippen LogP contribution >= 0.6 is 0 Å². The molecule has 5 rings (SSSR count). The van der Waals surface area contributed by atoms with E-state index in [9.17, 15) is 14.0 Å². The van der Waals surface area contributed by atoms with Gasteiger partial charge in [0.2, 0.25) is 5.91 Å². The molecule has 0 unspecified atom stereocenters. The van der Waals surface area contributed by atoms with Gasteiger partial charge < -0.3 is 25.0 Å². The summed E-state index contributed by atoms with van der Waals surface area (Å²) in [6, 6.07) is 23.5. The lowest BCUT2D eigenvalue weighted by Gasteiger charge is -2.30. The molecule has 7 nitrogen and oxygen atoms in total.